The van der Waals surface area contributed by atoms with Crippen LogP contribution in [-0.2, 0) is 10.0 Å². The summed E-state index contributed by atoms with van der Waals surface area (Å²) in [6, 6.07) is 4.57. The smallest absolute Gasteiger partial charge is 0.243 e. The molecule has 21 heavy (non-hydrogen) atoms. The van der Waals surface area contributed by atoms with Gasteiger partial charge in [-0.15, -0.1) is 0 Å². The van der Waals surface area contributed by atoms with Crippen LogP contribution in [0.3, 0.4) is 0 Å². The van der Waals surface area contributed by atoms with E-state index in [0.717, 1.165) is 19.3 Å². The molecule has 0 amide bonds. The third kappa shape index (κ3) is 3.62. The van der Waals surface area contributed by atoms with Gasteiger partial charge in [0.1, 0.15) is 0 Å². The third-order valence-electron chi connectivity index (χ3n) is 4.12. The maximum absolute atomic E-state index is 12.8. The van der Waals surface area contributed by atoms with E-state index in [1.807, 2.05) is 0 Å². The zero-order valence-electron chi connectivity index (χ0n) is 11.9. The van der Waals surface area contributed by atoms with Crippen LogP contribution in [0.5, 0.6) is 0 Å². The number of rotatable bonds is 4. The van der Waals surface area contributed by atoms with Gasteiger partial charge in [-0.2, -0.15) is 4.31 Å². The first-order valence-electron chi connectivity index (χ1n) is 7.07. The lowest BCUT2D eigenvalue weighted by molar-refractivity contribution is 0.197. The molecule has 0 aromatic heterocycles. The minimum absolute atomic E-state index is 0.122. The minimum Gasteiger partial charge on any atom is -0.329 e. The summed E-state index contributed by atoms with van der Waals surface area (Å²) in [6.07, 6.45) is 2.79. The van der Waals surface area contributed by atoms with Crippen LogP contribution in [0.2, 0.25) is 5.02 Å². The zero-order valence-corrected chi connectivity index (χ0v) is 15.1. The maximum Gasteiger partial charge on any atom is 0.243 e. The van der Waals surface area contributed by atoms with Crippen molar-refractivity contribution in [2.75, 3.05) is 13.1 Å². The highest BCUT2D eigenvalue weighted by Crippen LogP contribution is 2.32. The molecule has 0 radical (unpaired) electrons. The first-order chi connectivity index (χ1) is 9.90. The molecule has 0 bridgehead atoms. The molecule has 1 heterocycles. The summed E-state index contributed by atoms with van der Waals surface area (Å²) in [6.45, 7) is 3.02. The van der Waals surface area contributed by atoms with Crippen LogP contribution >= 0.6 is 27.5 Å². The lowest BCUT2D eigenvalue weighted by Gasteiger charge is -2.37. The van der Waals surface area contributed by atoms with E-state index in [-0.39, 0.29) is 10.9 Å². The molecule has 2 unspecified atom stereocenters. The monoisotopic (exact) mass is 394 g/mol. The summed E-state index contributed by atoms with van der Waals surface area (Å²) in [5.74, 6) is 0.557. The van der Waals surface area contributed by atoms with Crippen molar-refractivity contribution in [3.8, 4) is 0 Å². The minimum atomic E-state index is -3.53. The molecular weight excluding hydrogens is 376 g/mol. The van der Waals surface area contributed by atoms with Crippen molar-refractivity contribution < 1.29 is 8.42 Å². The maximum atomic E-state index is 12.8. The molecule has 1 fully saturated rings. The van der Waals surface area contributed by atoms with E-state index in [9.17, 15) is 8.42 Å². The van der Waals surface area contributed by atoms with E-state index < -0.39 is 10.0 Å². The Morgan fingerprint density at radius 3 is 2.76 bits per heavy atom. The van der Waals surface area contributed by atoms with Gasteiger partial charge in [0.05, 0.1) is 9.92 Å². The fraction of sp³-hybridized carbons (Fsp3) is 0.571. The van der Waals surface area contributed by atoms with Gasteiger partial charge >= 0.3 is 0 Å². The van der Waals surface area contributed by atoms with Crippen LogP contribution in [0.4, 0.5) is 0 Å². The van der Waals surface area contributed by atoms with Crippen LogP contribution in [-0.4, -0.2) is 31.9 Å². The molecule has 0 saturated carbocycles. The van der Waals surface area contributed by atoms with Gasteiger partial charge in [0.25, 0.3) is 0 Å². The molecule has 2 N–H and O–H groups in total. The van der Waals surface area contributed by atoms with Crippen LogP contribution in [0.1, 0.15) is 26.2 Å². The molecule has 1 saturated heterocycles. The molecular formula is C14H20BrClN2O2S. The molecule has 118 valence electrons. The van der Waals surface area contributed by atoms with E-state index in [2.05, 4.69) is 22.9 Å². The molecule has 0 aliphatic carbocycles. The van der Waals surface area contributed by atoms with E-state index in [1.165, 1.54) is 0 Å². The molecule has 2 rings (SSSR count). The average Bonchev–Trinajstić information content (AvgIpc) is 2.49. The van der Waals surface area contributed by atoms with Crippen molar-refractivity contribution in [1.82, 2.24) is 4.31 Å². The van der Waals surface area contributed by atoms with Gasteiger partial charge < -0.3 is 5.73 Å². The SMILES string of the molecule is CCC1CCN(S(=O)(=O)c2ccc(Cl)c(Br)c2)C(CN)C1. The lowest BCUT2D eigenvalue weighted by Crippen LogP contribution is -2.49. The second kappa shape index (κ2) is 6.96. The molecule has 7 heteroatoms. The molecule has 1 aliphatic heterocycles. The Bertz CT molecular complexity index is 609. The number of halogens is 2. The summed E-state index contributed by atoms with van der Waals surface area (Å²) < 4.78 is 27.8. The summed E-state index contributed by atoms with van der Waals surface area (Å²) in [5, 5.41) is 0.494. The Morgan fingerprint density at radius 1 is 1.48 bits per heavy atom. The topological polar surface area (TPSA) is 63.4 Å². The van der Waals surface area contributed by atoms with Crippen molar-refractivity contribution in [1.29, 1.82) is 0 Å². The van der Waals surface area contributed by atoms with Gasteiger partial charge in [-0.25, -0.2) is 8.42 Å². The van der Waals surface area contributed by atoms with Gasteiger partial charge in [0, 0.05) is 23.6 Å². The van der Waals surface area contributed by atoms with E-state index >= 15 is 0 Å². The number of sulfonamides is 1. The molecule has 2 atom stereocenters. The fourth-order valence-electron chi connectivity index (χ4n) is 2.79. The molecule has 0 spiro atoms. The molecule has 1 aromatic carbocycles. The molecule has 1 aliphatic rings. The average molecular weight is 396 g/mol. The number of hydrogen-bond acceptors (Lipinski definition) is 3. The lowest BCUT2D eigenvalue weighted by atomic mass is 9.90. The highest BCUT2D eigenvalue weighted by molar-refractivity contribution is 9.10. The zero-order chi connectivity index (χ0) is 15.6. The van der Waals surface area contributed by atoms with E-state index in [4.69, 9.17) is 17.3 Å². The van der Waals surface area contributed by atoms with Crippen molar-refractivity contribution in [2.45, 2.75) is 37.1 Å². The highest BCUT2D eigenvalue weighted by atomic mass is 79.9. The predicted octanol–water partition coefficient (Wildman–Crippen LogP) is 3.24. The summed E-state index contributed by atoms with van der Waals surface area (Å²) in [5.41, 5.74) is 5.80. The highest BCUT2D eigenvalue weighted by Gasteiger charge is 2.35. The first kappa shape index (κ1) is 17.2. The number of hydrogen-bond donors (Lipinski definition) is 1. The second-order valence-electron chi connectivity index (χ2n) is 5.38. The van der Waals surface area contributed by atoms with Crippen molar-refractivity contribution >= 4 is 37.6 Å². The van der Waals surface area contributed by atoms with Crippen LogP contribution < -0.4 is 5.73 Å². The Kier molecular flexibility index (Phi) is 5.71. The van der Waals surface area contributed by atoms with Crippen LogP contribution in [0.15, 0.2) is 27.6 Å². The van der Waals surface area contributed by atoms with Gasteiger partial charge in [-0.1, -0.05) is 24.9 Å². The molecule has 1 aromatic rings. The first-order valence-corrected chi connectivity index (χ1v) is 9.68. The summed E-state index contributed by atoms with van der Waals surface area (Å²) >= 11 is 9.21. The van der Waals surface area contributed by atoms with Gasteiger partial charge in [-0.3, -0.25) is 0 Å². The normalized spacial score (nSPS) is 24.2. The Morgan fingerprint density at radius 2 is 2.19 bits per heavy atom. The summed E-state index contributed by atoms with van der Waals surface area (Å²) in [4.78, 5) is 0.257. The Hall–Kier alpha value is -0.140. The number of nitrogens with two attached hydrogens (primary N) is 1. The molecule has 4 nitrogen and oxygen atoms in total. The van der Waals surface area contributed by atoms with E-state index in [0.29, 0.717) is 28.5 Å². The Balaban J connectivity index is 2.31. The quantitative estimate of drug-likeness (QED) is 0.851. The predicted molar refractivity (Wildman–Crippen MR) is 88.9 cm³/mol. The fourth-order valence-corrected chi connectivity index (χ4v) is 5.12. The van der Waals surface area contributed by atoms with Gasteiger partial charge in [0.15, 0.2) is 0 Å². The van der Waals surface area contributed by atoms with E-state index in [1.54, 1.807) is 22.5 Å². The largest absolute Gasteiger partial charge is 0.329 e. The second-order valence-corrected chi connectivity index (χ2v) is 8.53. The van der Waals surface area contributed by atoms with Crippen LogP contribution in [0.25, 0.3) is 0 Å². The number of piperidine rings is 1. The summed E-state index contributed by atoms with van der Waals surface area (Å²) in [7, 11) is -3.53. The van der Waals surface area contributed by atoms with Crippen molar-refractivity contribution in [3.05, 3.63) is 27.7 Å². The number of benzene rings is 1. The standard InChI is InChI=1S/C14H20BrClN2O2S/c1-2-10-5-6-18(11(7-10)9-17)21(19,20)12-3-4-14(16)13(15)8-12/h3-4,8,10-11H,2,5-7,9,17H2,1H3. The van der Waals surface area contributed by atoms with Crippen molar-refractivity contribution in [3.63, 3.8) is 0 Å². The Labute approximate surface area is 139 Å². The van der Waals surface area contributed by atoms with Crippen molar-refractivity contribution in [2.24, 2.45) is 11.7 Å². The van der Waals surface area contributed by atoms with Gasteiger partial charge in [0.2, 0.25) is 10.0 Å². The van der Waals surface area contributed by atoms with Crippen LogP contribution in [0, 0.1) is 5.92 Å². The van der Waals surface area contributed by atoms with Gasteiger partial charge in [-0.05, 0) is 52.9 Å². The third-order valence-corrected chi connectivity index (χ3v) is 7.28. The number of nitrogens with zero attached hydrogens (tertiary/aromatic N) is 1.